The Morgan fingerprint density at radius 3 is 2.48 bits per heavy atom. The van der Waals surface area contributed by atoms with Gasteiger partial charge in [0.25, 0.3) is 0 Å². The molecule has 2 unspecified atom stereocenters. The number of carbonyl (C=O) groups excluding carboxylic acids is 2. The van der Waals surface area contributed by atoms with E-state index in [-0.39, 0.29) is 18.0 Å². The molecule has 2 heterocycles. The first-order valence-corrected chi connectivity index (χ1v) is 7.38. The SMILES string of the molecule is COC(=O)Oc1ccc(C(=O)O[C@H]2COC3C2OC[C@@H]3C)cc1. The van der Waals surface area contributed by atoms with Gasteiger partial charge in [0.15, 0.2) is 6.10 Å². The van der Waals surface area contributed by atoms with Crippen LogP contribution in [0.25, 0.3) is 0 Å². The van der Waals surface area contributed by atoms with E-state index >= 15 is 0 Å². The van der Waals surface area contributed by atoms with Crippen molar-refractivity contribution in [2.75, 3.05) is 20.3 Å². The van der Waals surface area contributed by atoms with Gasteiger partial charge in [0, 0.05) is 5.92 Å². The molecular weight excluding hydrogens is 304 g/mol. The van der Waals surface area contributed by atoms with Crippen LogP contribution in [0.1, 0.15) is 17.3 Å². The molecule has 2 aliphatic heterocycles. The van der Waals surface area contributed by atoms with E-state index in [0.717, 1.165) is 0 Å². The number of methoxy groups -OCH3 is 1. The number of rotatable bonds is 3. The molecule has 0 radical (unpaired) electrons. The molecule has 0 amide bonds. The Kier molecular flexibility index (Phi) is 4.49. The number of benzene rings is 1. The van der Waals surface area contributed by atoms with Gasteiger partial charge < -0.3 is 23.7 Å². The van der Waals surface area contributed by atoms with Gasteiger partial charge >= 0.3 is 12.1 Å². The number of hydrogen-bond donors (Lipinski definition) is 0. The van der Waals surface area contributed by atoms with Crippen LogP contribution in [0.2, 0.25) is 0 Å². The van der Waals surface area contributed by atoms with Gasteiger partial charge in [-0.3, -0.25) is 0 Å². The number of fused-ring (bicyclic) bond motifs is 1. The first kappa shape index (κ1) is 15.8. The summed E-state index contributed by atoms with van der Waals surface area (Å²) >= 11 is 0. The molecule has 124 valence electrons. The van der Waals surface area contributed by atoms with E-state index in [1.165, 1.54) is 31.4 Å². The summed E-state index contributed by atoms with van der Waals surface area (Å²) in [6.45, 7) is 3.01. The summed E-state index contributed by atoms with van der Waals surface area (Å²) in [4.78, 5) is 23.2. The maximum atomic E-state index is 12.2. The van der Waals surface area contributed by atoms with Crippen molar-refractivity contribution in [3.05, 3.63) is 29.8 Å². The van der Waals surface area contributed by atoms with Crippen LogP contribution in [0, 0.1) is 5.92 Å². The molecule has 2 aliphatic rings. The third-order valence-corrected chi connectivity index (χ3v) is 3.97. The second-order valence-corrected chi connectivity index (χ2v) is 5.60. The third-order valence-electron chi connectivity index (χ3n) is 3.97. The number of hydrogen-bond acceptors (Lipinski definition) is 7. The van der Waals surface area contributed by atoms with Crippen LogP contribution in [0.3, 0.4) is 0 Å². The van der Waals surface area contributed by atoms with Crippen molar-refractivity contribution in [2.45, 2.75) is 25.2 Å². The summed E-state index contributed by atoms with van der Waals surface area (Å²) in [5, 5.41) is 0. The summed E-state index contributed by atoms with van der Waals surface area (Å²) in [6, 6.07) is 6.03. The van der Waals surface area contributed by atoms with Crippen LogP contribution >= 0.6 is 0 Å². The molecule has 2 fully saturated rings. The van der Waals surface area contributed by atoms with Gasteiger partial charge in [-0.05, 0) is 24.3 Å². The van der Waals surface area contributed by atoms with E-state index in [1.807, 2.05) is 0 Å². The van der Waals surface area contributed by atoms with Crippen molar-refractivity contribution >= 4 is 12.1 Å². The van der Waals surface area contributed by atoms with E-state index < -0.39 is 18.2 Å². The van der Waals surface area contributed by atoms with Gasteiger partial charge in [0.05, 0.1) is 32.0 Å². The highest BCUT2D eigenvalue weighted by Gasteiger charge is 2.47. The van der Waals surface area contributed by atoms with Crippen molar-refractivity contribution in [3.63, 3.8) is 0 Å². The fourth-order valence-corrected chi connectivity index (χ4v) is 2.76. The Morgan fingerprint density at radius 1 is 1.09 bits per heavy atom. The van der Waals surface area contributed by atoms with Crippen molar-refractivity contribution in [3.8, 4) is 5.75 Å². The molecule has 1 aromatic carbocycles. The molecule has 0 aromatic heterocycles. The maximum absolute atomic E-state index is 12.2. The molecule has 0 aliphatic carbocycles. The van der Waals surface area contributed by atoms with E-state index in [4.69, 9.17) is 18.9 Å². The minimum Gasteiger partial charge on any atom is -0.453 e. The average molecular weight is 322 g/mol. The van der Waals surface area contributed by atoms with Gasteiger partial charge in [0.1, 0.15) is 11.9 Å². The lowest BCUT2D eigenvalue weighted by molar-refractivity contribution is -0.0158. The zero-order chi connectivity index (χ0) is 16.4. The maximum Gasteiger partial charge on any atom is 0.513 e. The molecule has 3 rings (SSSR count). The quantitative estimate of drug-likeness (QED) is 0.620. The molecular formula is C16H18O7. The molecule has 23 heavy (non-hydrogen) atoms. The molecule has 0 N–H and O–H groups in total. The zero-order valence-corrected chi connectivity index (χ0v) is 12.9. The van der Waals surface area contributed by atoms with Crippen molar-refractivity contribution in [2.24, 2.45) is 5.92 Å². The second kappa shape index (κ2) is 6.55. The van der Waals surface area contributed by atoms with Crippen LogP contribution in [0.4, 0.5) is 4.79 Å². The summed E-state index contributed by atoms with van der Waals surface area (Å²) in [6.07, 6.45) is -1.43. The Hall–Kier alpha value is -2.12. The predicted molar refractivity (Wildman–Crippen MR) is 77.3 cm³/mol. The zero-order valence-electron chi connectivity index (χ0n) is 12.9. The minimum atomic E-state index is -0.818. The molecule has 7 heteroatoms. The molecule has 0 saturated carbocycles. The molecule has 0 spiro atoms. The monoisotopic (exact) mass is 322 g/mol. The summed E-state index contributed by atoms with van der Waals surface area (Å²) in [5.41, 5.74) is 0.358. The highest BCUT2D eigenvalue weighted by Crippen LogP contribution is 2.32. The summed E-state index contributed by atoms with van der Waals surface area (Å²) in [5.74, 6) is 0.121. The van der Waals surface area contributed by atoms with Crippen LogP contribution in [-0.2, 0) is 18.9 Å². The van der Waals surface area contributed by atoms with Crippen LogP contribution < -0.4 is 4.74 Å². The number of carbonyl (C=O) groups is 2. The first-order valence-electron chi connectivity index (χ1n) is 7.38. The smallest absolute Gasteiger partial charge is 0.453 e. The third kappa shape index (κ3) is 3.30. The lowest BCUT2D eigenvalue weighted by Crippen LogP contribution is -2.32. The normalized spacial score (nSPS) is 29.0. The topological polar surface area (TPSA) is 80.3 Å². The predicted octanol–water partition coefficient (Wildman–Crippen LogP) is 1.79. The Morgan fingerprint density at radius 2 is 1.78 bits per heavy atom. The lowest BCUT2D eigenvalue weighted by Gasteiger charge is -2.16. The lowest BCUT2D eigenvalue weighted by atomic mass is 10.0. The minimum absolute atomic E-state index is 0.0105. The van der Waals surface area contributed by atoms with Crippen molar-refractivity contribution in [1.29, 1.82) is 0 Å². The fraction of sp³-hybridized carbons (Fsp3) is 0.500. The highest BCUT2D eigenvalue weighted by molar-refractivity contribution is 5.89. The van der Waals surface area contributed by atoms with E-state index in [9.17, 15) is 9.59 Å². The molecule has 4 atom stereocenters. The van der Waals surface area contributed by atoms with Crippen LogP contribution in [-0.4, -0.2) is 50.8 Å². The molecule has 7 nitrogen and oxygen atoms in total. The van der Waals surface area contributed by atoms with Gasteiger partial charge in [-0.1, -0.05) is 6.92 Å². The standard InChI is InChI=1S/C16H18O7/c1-9-7-20-14-12(8-21-13(9)14)23-15(17)10-3-5-11(6-4-10)22-16(18)19-2/h3-6,9,12-14H,7-8H2,1-2H3/t9-,12-,13?,14?/m0/s1. The average Bonchev–Trinajstić information content (AvgIpc) is 3.12. The van der Waals surface area contributed by atoms with Gasteiger partial charge in [-0.15, -0.1) is 0 Å². The van der Waals surface area contributed by atoms with Crippen LogP contribution in [0.15, 0.2) is 24.3 Å². The Balaban J connectivity index is 1.59. The van der Waals surface area contributed by atoms with Crippen molar-refractivity contribution < 1.29 is 33.3 Å². The van der Waals surface area contributed by atoms with E-state index in [1.54, 1.807) is 0 Å². The van der Waals surface area contributed by atoms with Gasteiger partial charge in [0.2, 0.25) is 0 Å². The Labute approximate surface area is 133 Å². The summed E-state index contributed by atoms with van der Waals surface area (Å²) in [7, 11) is 1.22. The highest BCUT2D eigenvalue weighted by atomic mass is 16.7. The first-order chi connectivity index (χ1) is 11.1. The second-order valence-electron chi connectivity index (χ2n) is 5.60. The number of ether oxygens (including phenoxy) is 5. The van der Waals surface area contributed by atoms with Crippen molar-refractivity contribution in [1.82, 2.24) is 0 Å². The van der Waals surface area contributed by atoms with E-state index in [2.05, 4.69) is 11.7 Å². The fourth-order valence-electron chi connectivity index (χ4n) is 2.76. The van der Waals surface area contributed by atoms with E-state index in [0.29, 0.717) is 24.7 Å². The van der Waals surface area contributed by atoms with Gasteiger partial charge in [-0.25, -0.2) is 9.59 Å². The Bertz CT molecular complexity index is 583. The number of esters is 1. The molecule has 1 aromatic rings. The van der Waals surface area contributed by atoms with Gasteiger partial charge in [-0.2, -0.15) is 0 Å². The summed E-state index contributed by atoms with van der Waals surface area (Å²) < 4.78 is 26.0. The molecule has 0 bridgehead atoms. The largest absolute Gasteiger partial charge is 0.513 e. The van der Waals surface area contributed by atoms with Crippen LogP contribution in [0.5, 0.6) is 5.75 Å². The molecule has 2 saturated heterocycles.